The van der Waals surface area contributed by atoms with Gasteiger partial charge in [-0.1, -0.05) is 60.7 Å². The van der Waals surface area contributed by atoms with Crippen molar-refractivity contribution in [1.29, 1.82) is 0 Å². The average molecular weight is 402 g/mol. The summed E-state index contributed by atoms with van der Waals surface area (Å²) >= 11 is 2.12. The van der Waals surface area contributed by atoms with Gasteiger partial charge in [-0.05, 0) is 39.6 Å². The lowest BCUT2D eigenvalue weighted by molar-refractivity contribution is -0.124. The van der Waals surface area contributed by atoms with Crippen molar-refractivity contribution in [3.05, 3.63) is 77.4 Å². The van der Waals surface area contributed by atoms with Crippen molar-refractivity contribution in [3.63, 3.8) is 0 Å². The Kier molecular flexibility index (Phi) is 4.52. The zero-order valence-electron chi connectivity index (χ0n) is 12.0. The largest absolute Gasteiger partial charge is 0.294 e. The molecule has 0 N–H and O–H groups in total. The molecule has 1 fully saturated rings. The third kappa shape index (κ3) is 3.04. The molecule has 2 aromatic rings. The van der Waals surface area contributed by atoms with E-state index in [0.717, 1.165) is 14.7 Å². The first kappa shape index (κ1) is 15.2. The lowest BCUT2D eigenvalue weighted by Crippen LogP contribution is -2.25. The fraction of sp³-hybridized carbons (Fsp3) is 0.158. The Morgan fingerprint density at radius 1 is 0.818 bits per heavy atom. The van der Waals surface area contributed by atoms with Gasteiger partial charge in [-0.2, -0.15) is 0 Å². The Morgan fingerprint density at radius 3 is 1.86 bits per heavy atom. The monoisotopic (exact) mass is 402 g/mol. The maximum absolute atomic E-state index is 12.5. The maximum atomic E-state index is 12.5. The second-order valence-corrected chi connectivity index (χ2v) is 6.50. The Hall–Kier alpha value is -1.75. The van der Waals surface area contributed by atoms with Gasteiger partial charge in [0, 0.05) is 16.4 Å². The van der Waals surface area contributed by atoms with E-state index in [0.29, 0.717) is 18.4 Å². The molecular weight excluding hydrogens is 387 g/mol. The van der Waals surface area contributed by atoms with Gasteiger partial charge in [-0.25, -0.2) is 0 Å². The van der Waals surface area contributed by atoms with E-state index in [9.17, 15) is 9.59 Å². The zero-order chi connectivity index (χ0) is 15.5. The fourth-order valence-corrected chi connectivity index (χ4v) is 3.78. The van der Waals surface area contributed by atoms with Crippen LogP contribution in [-0.4, -0.2) is 11.6 Å². The molecule has 0 bridgehead atoms. The van der Waals surface area contributed by atoms with E-state index in [-0.39, 0.29) is 17.5 Å². The Balaban J connectivity index is 1.92. The topological polar surface area (TPSA) is 34.1 Å². The summed E-state index contributed by atoms with van der Waals surface area (Å²) in [6, 6.07) is 19.4. The summed E-state index contributed by atoms with van der Waals surface area (Å²) in [5, 5.41) is 0. The van der Waals surface area contributed by atoms with Crippen LogP contribution in [0, 0.1) is 0 Å². The molecule has 1 aliphatic carbocycles. The molecule has 3 rings (SSSR count). The molecule has 0 amide bonds. The highest BCUT2D eigenvalue weighted by atomic mass is 127. The van der Waals surface area contributed by atoms with Gasteiger partial charge in [0.15, 0.2) is 11.6 Å². The Morgan fingerprint density at radius 2 is 1.32 bits per heavy atom. The van der Waals surface area contributed by atoms with Crippen LogP contribution >= 0.6 is 22.6 Å². The third-order valence-corrected chi connectivity index (χ3v) is 5.10. The molecule has 1 saturated carbocycles. The minimum absolute atomic E-state index is 0.00456. The van der Waals surface area contributed by atoms with Crippen LogP contribution in [0.2, 0.25) is 0 Å². The van der Waals surface area contributed by atoms with Crippen LogP contribution in [0.5, 0.6) is 0 Å². The zero-order valence-corrected chi connectivity index (χ0v) is 14.1. The number of hydrogen-bond acceptors (Lipinski definition) is 2. The average Bonchev–Trinajstić information content (AvgIpc) is 2.55. The molecule has 22 heavy (non-hydrogen) atoms. The summed E-state index contributed by atoms with van der Waals surface area (Å²) in [7, 11) is 0. The minimum atomic E-state index is -0.0432. The van der Waals surface area contributed by atoms with Crippen molar-refractivity contribution < 1.29 is 9.59 Å². The summed E-state index contributed by atoms with van der Waals surface area (Å²) in [4.78, 5) is 25.0. The van der Waals surface area contributed by atoms with Gasteiger partial charge in [-0.15, -0.1) is 0 Å². The Bertz CT molecular complexity index is 713. The third-order valence-electron chi connectivity index (χ3n) is 3.94. The molecule has 0 aromatic heterocycles. The molecule has 0 aliphatic heterocycles. The molecule has 1 aliphatic rings. The van der Waals surface area contributed by atoms with Gasteiger partial charge in [0.05, 0.1) is 5.57 Å². The van der Waals surface area contributed by atoms with E-state index >= 15 is 0 Å². The van der Waals surface area contributed by atoms with Gasteiger partial charge in [0.2, 0.25) is 0 Å². The summed E-state index contributed by atoms with van der Waals surface area (Å²) in [5.41, 5.74) is 2.37. The van der Waals surface area contributed by atoms with Crippen molar-refractivity contribution in [3.8, 4) is 0 Å². The van der Waals surface area contributed by atoms with Gasteiger partial charge in [0.1, 0.15) is 0 Å². The minimum Gasteiger partial charge on any atom is -0.294 e. The normalized spacial score (nSPS) is 18.4. The summed E-state index contributed by atoms with van der Waals surface area (Å²) in [5.74, 6) is -0.0818. The van der Waals surface area contributed by atoms with E-state index in [2.05, 4.69) is 22.6 Å². The molecule has 2 aromatic carbocycles. The number of Topliss-reactive ketones (excluding diaryl/α,β-unsaturated/α-hetero) is 2. The Labute approximate surface area is 143 Å². The van der Waals surface area contributed by atoms with Crippen molar-refractivity contribution >= 4 is 37.7 Å². The molecule has 0 saturated heterocycles. The van der Waals surface area contributed by atoms with Crippen molar-refractivity contribution in [2.24, 2.45) is 0 Å². The molecule has 0 spiro atoms. The highest BCUT2D eigenvalue weighted by Gasteiger charge is 2.33. The van der Waals surface area contributed by atoms with Gasteiger partial charge in [-0.3, -0.25) is 9.59 Å². The first-order chi connectivity index (χ1) is 10.7. The van der Waals surface area contributed by atoms with Crippen molar-refractivity contribution in [1.82, 2.24) is 0 Å². The summed E-state index contributed by atoms with van der Waals surface area (Å²) in [6.45, 7) is 0. The molecule has 0 unspecified atom stereocenters. The first-order valence-electron chi connectivity index (χ1n) is 7.23. The standard InChI is InChI=1S/C19H15IO2/c20-19(14-9-5-2-6-10-14)18-16(21)11-15(12-17(18)22)13-7-3-1-4-8-13/h1-10,15H,11-12H2. The van der Waals surface area contributed by atoms with Gasteiger partial charge in [0.25, 0.3) is 0 Å². The number of ketones is 2. The van der Waals surface area contributed by atoms with Crippen LogP contribution in [0.15, 0.2) is 66.2 Å². The fourth-order valence-electron chi connectivity index (χ4n) is 2.81. The van der Waals surface area contributed by atoms with Gasteiger partial charge >= 0.3 is 0 Å². The predicted molar refractivity (Wildman–Crippen MR) is 95.8 cm³/mol. The second-order valence-electron chi connectivity index (χ2n) is 5.42. The van der Waals surface area contributed by atoms with E-state index < -0.39 is 0 Å². The molecule has 110 valence electrons. The SMILES string of the molecule is O=C1CC(c2ccccc2)CC(=O)C1=C(I)c1ccccc1. The number of carbonyl (C=O) groups is 2. The van der Waals surface area contributed by atoms with Crippen LogP contribution in [0.1, 0.15) is 29.9 Å². The lowest BCUT2D eigenvalue weighted by Gasteiger charge is -2.23. The number of halogens is 1. The van der Waals surface area contributed by atoms with E-state index in [4.69, 9.17) is 0 Å². The summed E-state index contributed by atoms with van der Waals surface area (Å²) in [6.07, 6.45) is 0.814. The number of hydrogen-bond donors (Lipinski definition) is 0. The lowest BCUT2D eigenvalue weighted by atomic mass is 9.79. The van der Waals surface area contributed by atoms with Crippen molar-refractivity contribution in [2.75, 3.05) is 0 Å². The molecule has 0 atom stereocenters. The van der Waals surface area contributed by atoms with Crippen LogP contribution in [0.4, 0.5) is 0 Å². The highest BCUT2D eigenvalue weighted by molar-refractivity contribution is 14.1. The molecule has 0 heterocycles. The number of carbonyl (C=O) groups excluding carboxylic acids is 2. The van der Waals surface area contributed by atoms with Crippen LogP contribution < -0.4 is 0 Å². The van der Waals surface area contributed by atoms with E-state index in [1.807, 2.05) is 60.7 Å². The molecule has 3 heteroatoms. The van der Waals surface area contributed by atoms with E-state index in [1.165, 1.54) is 0 Å². The number of rotatable bonds is 2. The van der Waals surface area contributed by atoms with Crippen LogP contribution in [-0.2, 0) is 9.59 Å². The molecule has 2 nitrogen and oxygen atoms in total. The van der Waals surface area contributed by atoms with Gasteiger partial charge < -0.3 is 0 Å². The predicted octanol–water partition coefficient (Wildman–Crippen LogP) is 4.55. The quantitative estimate of drug-likeness (QED) is 0.420. The van der Waals surface area contributed by atoms with Crippen molar-refractivity contribution in [2.45, 2.75) is 18.8 Å². The number of benzene rings is 2. The smallest absolute Gasteiger partial charge is 0.168 e. The van der Waals surface area contributed by atoms with Crippen LogP contribution in [0.3, 0.4) is 0 Å². The van der Waals surface area contributed by atoms with Crippen LogP contribution in [0.25, 0.3) is 3.58 Å². The highest BCUT2D eigenvalue weighted by Crippen LogP contribution is 2.36. The first-order valence-corrected chi connectivity index (χ1v) is 8.31. The number of allylic oxidation sites excluding steroid dienone is 1. The maximum Gasteiger partial charge on any atom is 0.168 e. The van der Waals surface area contributed by atoms with E-state index in [1.54, 1.807) is 0 Å². The summed E-state index contributed by atoms with van der Waals surface area (Å²) < 4.78 is 0.764. The molecule has 0 radical (unpaired) electrons. The molecular formula is C19H15IO2. The second kappa shape index (κ2) is 6.57.